The van der Waals surface area contributed by atoms with Gasteiger partial charge in [0.15, 0.2) is 0 Å². The number of esters is 1. The smallest absolute Gasteiger partial charge is 0.410 e. The predicted octanol–water partition coefficient (Wildman–Crippen LogP) is 2.12. The number of carbonyl (C=O) groups excluding carboxylic acids is 2. The lowest BCUT2D eigenvalue weighted by atomic mass is 10.1. The highest BCUT2D eigenvalue weighted by atomic mass is 16.6. The number of amides is 1. The zero-order valence-electron chi connectivity index (χ0n) is 16.0. The molecule has 1 aromatic carbocycles. The normalized spacial score (nSPS) is 14.8. The number of nitrogens with two attached hydrogens (primary N) is 1. The molecule has 1 aromatic rings. The van der Waals surface area contributed by atoms with Gasteiger partial charge in [-0.1, -0.05) is 0 Å². The van der Waals surface area contributed by atoms with Gasteiger partial charge in [0.05, 0.1) is 31.2 Å². The van der Waals surface area contributed by atoms with Gasteiger partial charge in [0.1, 0.15) is 11.4 Å². The van der Waals surface area contributed by atoms with Crippen LogP contribution in [0.15, 0.2) is 12.1 Å². The number of piperazine rings is 1. The van der Waals surface area contributed by atoms with Crippen LogP contribution in [0.5, 0.6) is 5.75 Å². The molecule has 0 atom stereocenters. The van der Waals surface area contributed by atoms with Gasteiger partial charge >= 0.3 is 12.1 Å². The van der Waals surface area contributed by atoms with Crippen LogP contribution in [0.4, 0.5) is 16.2 Å². The van der Waals surface area contributed by atoms with Crippen molar-refractivity contribution in [3.8, 4) is 5.75 Å². The zero-order chi connectivity index (χ0) is 19.5. The summed E-state index contributed by atoms with van der Waals surface area (Å²) in [7, 11) is 2.85. The Bertz CT molecular complexity index is 676. The molecule has 1 fully saturated rings. The Balaban J connectivity index is 2.18. The van der Waals surface area contributed by atoms with Gasteiger partial charge in [-0.05, 0) is 26.8 Å². The summed E-state index contributed by atoms with van der Waals surface area (Å²) in [6.45, 7) is 7.59. The highest BCUT2D eigenvalue weighted by Crippen LogP contribution is 2.33. The summed E-state index contributed by atoms with van der Waals surface area (Å²) in [5, 5.41) is 0. The summed E-state index contributed by atoms with van der Waals surface area (Å²) >= 11 is 0. The molecule has 0 spiro atoms. The van der Waals surface area contributed by atoms with Crippen LogP contribution in [0.3, 0.4) is 0 Å². The monoisotopic (exact) mass is 365 g/mol. The lowest BCUT2D eigenvalue weighted by Crippen LogP contribution is -2.50. The second-order valence-electron chi connectivity index (χ2n) is 7.06. The average molecular weight is 365 g/mol. The van der Waals surface area contributed by atoms with Gasteiger partial charge in [-0.2, -0.15) is 0 Å². The standard InChI is InChI=1S/C18H27N3O5/c1-18(2,3)26-17(23)21-8-6-20(7-9-21)14-11-15(24-4)13(19)10-12(14)16(22)25-5/h10-11H,6-9,19H2,1-5H3. The van der Waals surface area contributed by atoms with E-state index in [0.29, 0.717) is 48.9 Å². The molecule has 1 aliphatic rings. The van der Waals surface area contributed by atoms with Crippen LogP contribution < -0.4 is 15.4 Å². The molecule has 0 aromatic heterocycles. The van der Waals surface area contributed by atoms with Crippen LogP contribution >= 0.6 is 0 Å². The van der Waals surface area contributed by atoms with Crippen molar-refractivity contribution < 1.29 is 23.8 Å². The fourth-order valence-electron chi connectivity index (χ4n) is 2.75. The van der Waals surface area contributed by atoms with Crippen molar-refractivity contribution in [2.75, 3.05) is 51.0 Å². The SMILES string of the molecule is COC(=O)c1cc(N)c(OC)cc1N1CCN(C(=O)OC(C)(C)C)CC1. The number of hydrogen-bond donors (Lipinski definition) is 1. The fraction of sp³-hybridized carbons (Fsp3) is 0.556. The van der Waals surface area contributed by atoms with Gasteiger partial charge in [-0.15, -0.1) is 0 Å². The number of benzene rings is 1. The van der Waals surface area contributed by atoms with Gasteiger partial charge in [-0.25, -0.2) is 9.59 Å². The van der Waals surface area contributed by atoms with Crippen LogP contribution in [0.1, 0.15) is 31.1 Å². The van der Waals surface area contributed by atoms with E-state index < -0.39 is 11.6 Å². The average Bonchev–Trinajstić information content (AvgIpc) is 2.59. The van der Waals surface area contributed by atoms with Crippen LogP contribution in [0, 0.1) is 0 Å². The summed E-state index contributed by atoms with van der Waals surface area (Å²) in [6.07, 6.45) is -0.333. The zero-order valence-corrected chi connectivity index (χ0v) is 16.0. The minimum absolute atomic E-state index is 0.333. The first-order valence-electron chi connectivity index (χ1n) is 8.45. The van der Waals surface area contributed by atoms with Crippen LogP contribution in [-0.4, -0.2) is 63.0 Å². The van der Waals surface area contributed by atoms with Gasteiger partial charge in [0.25, 0.3) is 0 Å². The molecular weight excluding hydrogens is 338 g/mol. The second kappa shape index (κ2) is 7.72. The number of rotatable bonds is 3. The van der Waals surface area contributed by atoms with Crippen molar-refractivity contribution in [1.29, 1.82) is 0 Å². The summed E-state index contributed by atoms with van der Waals surface area (Å²) in [5.74, 6) is 0.0196. The lowest BCUT2D eigenvalue weighted by Gasteiger charge is -2.37. The number of hydrogen-bond acceptors (Lipinski definition) is 7. The molecule has 1 amide bonds. The van der Waals surface area contributed by atoms with E-state index >= 15 is 0 Å². The van der Waals surface area contributed by atoms with Crippen molar-refractivity contribution in [2.24, 2.45) is 0 Å². The number of nitrogen functional groups attached to an aromatic ring is 1. The van der Waals surface area contributed by atoms with E-state index in [1.165, 1.54) is 14.2 Å². The molecule has 2 rings (SSSR count). The number of methoxy groups -OCH3 is 2. The Kier molecular flexibility index (Phi) is 5.84. The highest BCUT2D eigenvalue weighted by molar-refractivity contribution is 5.98. The topological polar surface area (TPSA) is 94.3 Å². The third kappa shape index (κ3) is 4.50. The maximum absolute atomic E-state index is 12.2. The summed E-state index contributed by atoms with van der Waals surface area (Å²) in [4.78, 5) is 28.0. The second-order valence-corrected chi connectivity index (χ2v) is 7.06. The lowest BCUT2D eigenvalue weighted by molar-refractivity contribution is 0.0240. The molecule has 1 heterocycles. The Hall–Kier alpha value is -2.64. The van der Waals surface area contributed by atoms with Crippen molar-refractivity contribution in [3.05, 3.63) is 17.7 Å². The first-order chi connectivity index (χ1) is 12.2. The van der Waals surface area contributed by atoms with Crippen LogP contribution in [0.25, 0.3) is 0 Å². The molecular formula is C18H27N3O5. The van der Waals surface area contributed by atoms with Crippen molar-refractivity contribution in [2.45, 2.75) is 26.4 Å². The first kappa shape index (κ1) is 19.7. The third-order valence-electron chi connectivity index (χ3n) is 4.03. The summed E-state index contributed by atoms with van der Waals surface area (Å²) in [6, 6.07) is 3.28. The molecule has 26 heavy (non-hydrogen) atoms. The van der Waals surface area contributed by atoms with Crippen molar-refractivity contribution in [1.82, 2.24) is 4.90 Å². The van der Waals surface area contributed by atoms with Crippen LogP contribution in [0.2, 0.25) is 0 Å². The maximum Gasteiger partial charge on any atom is 0.410 e. The number of carbonyl (C=O) groups is 2. The Morgan fingerprint density at radius 3 is 2.19 bits per heavy atom. The molecule has 1 saturated heterocycles. The van der Waals surface area contributed by atoms with Crippen LogP contribution in [-0.2, 0) is 9.47 Å². The fourth-order valence-corrected chi connectivity index (χ4v) is 2.75. The third-order valence-corrected chi connectivity index (χ3v) is 4.03. The van der Waals surface area contributed by atoms with E-state index in [-0.39, 0.29) is 6.09 Å². The molecule has 144 valence electrons. The molecule has 8 nitrogen and oxygen atoms in total. The molecule has 8 heteroatoms. The Morgan fingerprint density at radius 1 is 1.08 bits per heavy atom. The Morgan fingerprint density at radius 2 is 1.69 bits per heavy atom. The van der Waals surface area contributed by atoms with E-state index in [1.54, 1.807) is 17.0 Å². The molecule has 0 unspecified atom stereocenters. The van der Waals surface area contributed by atoms with Crippen molar-refractivity contribution in [3.63, 3.8) is 0 Å². The minimum atomic E-state index is -0.531. The molecule has 2 N–H and O–H groups in total. The van der Waals surface area contributed by atoms with E-state index in [9.17, 15) is 9.59 Å². The summed E-state index contributed by atoms with van der Waals surface area (Å²) in [5.41, 5.74) is 6.80. The minimum Gasteiger partial charge on any atom is -0.495 e. The molecule has 0 radical (unpaired) electrons. The molecule has 0 saturated carbocycles. The number of ether oxygens (including phenoxy) is 3. The van der Waals surface area contributed by atoms with Gasteiger partial charge in [0, 0.05) is 32.2 Å². The number of anilines is 2. The number of nitrogens with zero attached hydrogens (tertiary/aromatic N) is 2. The first-order valence-corrected chi connectivity index (χ1v) is 8.45. The molecule has 0 bridgehead atoms. The van der Waals surface area contributed by atoms with Gasteiger partial charge in [-0.3, -0.25) is 0 Å². The van der Waals surface area contributed by atoms with E-state index in [2.05, 4.69) is 0 Å². The largest absolute Gasteiger partial charge is 0.495 e. The van der Waals surface area contributed by atoms with Gasteiger partial charge < -0.3 is 29.7 Å². The van der Waals surface area contributed by atoms with Gasteiger partial charge in [0.2, 0.25) is 0 Å². The molecule has 1 aliphatic heterocycles. The quantitative estimate of drug-likeness (QED) is 0.647. The Labute approximate surface area is 153 Å². The summed E-state index contributed by atoms with van der Waals surface area (Å²) < 4.78 is 15.5. The van der Waals surface area contributed by atoms with Crippen molar-refractivity contribution >= 4 is 23.4 Å². The maximum atomic E-state index is 12.2. The highest BCUT2D eigenvalue weighted by Gasteiger charge is 2.28. The predicted molar refractivity (Wildman–Crippen MR) is 98.8 cm³/mol. The molecule has 0 aliphatic carbocycles. The van der Waals surface area contributed by atoms with E-state index in [1.807, 2.05) is 25.7 Å². The van der Waals surface area contributed by atoms with E-state index in [4.69, 9.17) is 19.9 Å². The van der Waals surface area contributed by atoms with E-state index in [0.717, 1.165) is 0 Å².